The summed E-state index contributed by atoms with van der Waals surface area (Å²) < 4.78 is 1.63. The summed E-state index contributed by atoms with van der Waals surface area (Å²) in [5.74, 6) is 0. The van der Waals surface area contributed by atoms with Gasteiger partial charge >= 0.3 is 0 Å². The molecule has 0 atom stereocenters. The molecule has 1 N–H and O–H groups in total. The first kappa shape index (κ1) is 18.4. The lowest BCUT2D eigenvalue weighted by atomic mass is 9.99. The van der Waals surface area contributed by atoms with Crippen LogP contribution in [0, 0.1) is 13.8 Å². The van der Waals surface area contributed by atoms with Crippen LogP contribution in [0.2, 0.25) is 0 Å². The number of hydrogen-bond acceptors (Lipinski definition) is 3. The van der Waals surface area contributed by atoms with Gasteiger partial charge in [-0.1, -0.05) is 32.0 Å². The van der Waals surface area contributed by atoms with Gasteiger partial charge in [0.2, 0.25) is 0 Å². The maximum absolute atomic E-state index is 11.8. The highest BCUT2D eigenvalue weighted by Crippen LogP contribution is 2.24. The van der Waals surface area contributed by atoms with Crippen LogP contribution in [0.15, 0.2) is 35.3 Å². The zero-order valence-electron chi connectivity index (χ0n) is 15.3. The molecule has 0 saturated carbocycles. The van der Waals surface area contributed by atoms with Gasteiger partial charge in [-0.3, -0.25) is 9.69 Å². The van der Waals surface area contributed by atoms with Crippen LogP contribution in [0.1, 0.15) is 30.5 Å². The molecule has 1 aliphatic rings. The van der Waals surface area contributed by atoms with Crippen molar-refractivity contribution in [1.82, 2.24) is 9.47 Å². The van der Waals surface area contributed by atoms with Gasteiger partial charge in [0.15, 0.2) is 0 Å². The standard InChI is InChI=1S/C18H22N2O2.C2H6/c1-12-6-14(16-7-13(2)18(22)19(3)8-16)4-5-15(12)9-20-10-17(21)11-20;1-2/h4-8,17,21H,9-11H2,1-3H3;1-2H3. The molecule has 1 aliphatic heterocycles. The van der Waals surface area contributed by atoms with Gasteiger partial charge in [0.25, 0.3) is 5.56 Å². The SMILES string of the molecule is CC.Cc1cc(-c2cc(C)c(=O)n(C)c2)ccc1CN1CC(O)C1. The normalized spacial score (nSPS) is 14.8. The lowest BCUT2D eigenvalue weighted by molar-refractivity contribution is -0.00296. The number of β-amino-alcohol motifs (C(OH)–C–C–N with tert-alkyl or cyclic N) is 1. The van der Waals surface area contributed by atoms with Crippen molar-refractivity contribution < 1.29 is 5.11 Å². The van der Waals surface area contributed by atoms with Crippen molar-refractivity contribution in [3.63, 3.8) is 0 Å². The second-order valence-corrected chi connectivity index (χ2v) is 6.32. The number of aliphatic hydroxyl groups is 1. The number of rotatable bonds is 3. The molecule has 0 spiro atoms. The van der Waals surface area contributed by atoms with Crippen LogP contribution in [0.4, 0.5) is 0 Å². The molecule has 130 valence electrons. The minimum atomic E-state index is -0.159. The summed E-state index contributed by atoms with van der Waals surface area (Å²) in [6.45, 7) is 10.4. The predicted molar refractivity (Wildman–Crippen MR) is 99.2 cm³/mol. The van der Waals surface area contributed by atoms with Gasteiger partial charge in [-0.25, -0.2) is 0 Å². The number of hydrogen-bond donors (Lipinski definition) is 1. The number of aromatic nitrogens is 1. The molecule has 1 saturated heterocycles. The molecule has 3 rings (SSSR count). The van der Waals surface area contributed by atoms with Crippen molar-refractivity contribution in [1.29, 1.82) is 0 Å². The number of likely N-dealkylation sites (tertiary alicyclic amines) is 1. The van der Waals surface area contributed by atoms with Crippen molar-refractivity contribution >= 4 is 0 Å². The summed E-state index contributed by atoms with van der Waals surface area (Å²) in [5, 5.41) is 9.36. The van der Waals surface area contributed by atoms with Gasteiger partial charge in [0, 0.05) is 38.4 Å². The number of nitrogens with zero attached hydrogens (tertiary/aromatic N) is 2. The average molecular weight is 328 g/mol. The van der Waals surface area contributed by atoms with E-state index in [1.54, 1.807) is 11.6 Å². The van der Waals surface area contributed by atoms with Gasteiger partial charge < -0.3 is 9.67 Å². The molecule has 0 amide bonds. The Hall–Kier alpha value is -1.91. The highest BCUT2D eigenvalue weighted by atomic mass is 16.3. The van der Waals surface area contributed by atoms with E-state index >= 15 is 0 Å². The molecule has 2 aromatic rings. The minimum absolute atomic E-state index is 0.0495. The predicted octanol–water partition coefficient (Wildman–Crippen LogP) is 2.87. The highest BCUT2D eigenvalue weighted by Gasteiger charge is 2.24. The summed E-state index contributed by atoms with van der Waals surface area (Å²) in [7, 11) is 1.79. The van der Waals surface area contributed by atoms with Gasteiger partial charge in [0.1, 0.15) is 0 Å². The Morgan fingerprint density at radius 2 is 1.71 bits per heavy atom. The van der Waals surface area contributed by atoms with E-state index in [0.717, 1.165) is 36.3 Å². The summed E-state index contributed by atoms with van der Waals surface area (Å²) in [6, 6.07) is 8.38. The van der Waals surface area contributed by atoms with Crippen LogP contribution in [0.3, 0.4) is 0 Å². The molecule has 0 aliphatic carbocycles. The summed E-state index contributed by atoms with van der Waals surface area (Å²) in [4.78, 5) is 14.0. The topological polar surface area (TPSA) is 45.5 Å². The summed E-state index contributed by atoms with van der Waals surface area (Å²) in [5.41, 5.74) is 5.53. The highest BCUT2D eigenvalue weighted by molar-refractivity contribution is 5.64. The molecular weight excluding hydrogens is 300 g/mol. The molecule has 1 aromatic heterocycles. The van der Waals surface area contributed by atoms with Crippen LogP contribution in [-0.2, 0) is 13.6 Å². The monoisotopic (exact) mass is 328 g/mol. The molecule has 0 unspecified atom stereocenters. The van der Waals surface area contributed by atoms with E-state index in [1.807, 2.05) is 33.0 Å². The molecule has 0 radical (unpaired) electrons. The fraction of sp³-hybridized carbons (Fsp3) is 0.450. The van der Waals surface area contributed by atoms with E-state index in [9.17, 15) is 9.90 Å². The third kappa shape index (κ3) is 3.94. The summed E-state index contributed by atoms with van der Waals surface area (Å²) in [6.07, 6.45) is 1.73. The van der Waals surface area contributed by atoms with Gasteiger partial charge in [-0.05, 0) is 42.2 Å². The second-order valence-electron chi connectivity index (χ2n) is 6.32. The van der Waals surface area contributed by atoms with Crippen LogP contribution < -0.4 is 5.56 Å². The van der Waals surface area contributed by atoms with Crippen LogP contribution >= 0.6 is 0 Å². The first-order valence-electron chi connectivity index (χ1n) is 8.61. The number of aliphatic hydroxyl groups excluding tert-OH is 1. The molecule has 4 nitrogen and oxygen atoms in total. The van der Waals surface area contributed by atoms with E-state index in [0.29, 0.717) is 0 Å². The van der Waals surface area contributed by atoms with E-state index in [2.05, 4.69) is 30.0 Å². The molecular formula is C20H28N2O2. The van der Waals surface area contributed by atoms with Gasteiger partial charge in [0.05, 0.1) is 6.10 Å². The zero-order chi connectivity index (χ0) is 17.9. The van der Waals surface area contributed by atoms with Gasteiger partial charge in [-0.15, -0.1) is 0 Å². The summed E-state index contributed by atoms with van der Waals surface area (Å²) >= 11 is 0. The number of pyridine rings is 1. The number of benzene rings is 1. The zero-order valence-corrected chi connectivity index (χ0v) is 15.3. The fourth-order valence-corrected chi connectivity index (χ4v) is 3.00. The third-order valence-electron chi connectivity index (χ3n) is 4.37. The minimum Gasteiger partial charge on any atom is -0.390 e. The van der Waals surface area contributed by atoms with Crippen molar-refractivity contribution in [2.45, 2.75) is 40.3 Å². The van der Waals surface area contributed by atoms with E-state index in [4.69, 9.17) is 0 Å². The average Bonchev–Trinajstić information content (AvgIpc) is 2.54. The second kappa shape index (κ2) is 7.77. The largest absolute Gasteiger partial charge is 0.390 e. The lowest BCUT2D eigenvalue weighted by Crippen LogP contribution is -2.49. The van der Waals surface area contributed by atoms with Crippen LogP contribution in [0.25, 0.3) is 11.1 Å². The number of aryl methyl sites for hydroxylation is 3. The Labute approximate surface area is 144 Å². The van der Waals surface area contributed by atoms with Crippen LogP contribution in [0.5, 0.6) is 0 Å². The van der Waals surface area contributed by atoms with Crippen molar-refractivity contribution in [3.8, 4) is 11.1 Å². The Morgan fingerprint density at radius 1 is 1.08 bits per heavy atom. The van der Waals surface area contributed by atoms with Gasteiger partial charge in [-0.2, -0.15) is 0 Å². The molecule has 1 fully saturated rings. The van der Waals surface area contributed by atoms with Crippen molar-refractivity contribution in [2.75, 3.05) is 13.1 Å². The lowest BCUT2D eigenvalue weighted by Gasteiger charge is -2.36. The maximum atomic E-state index is 11.8. The smallest absolute Gasteiger partial charge is 0.253 e. The molecule has 4 heteroatoms. The molecule has 2 heterocycles. The third-order valence-corrected chi connectivity index (χ3v) is 4.37. The Morgan fingerprint density at radius 3 is 2.25 bits per heavy atom. The first-order chi connectivity index (χ1) is 11.4. The fourth-order valence-electron chi connectivity index (χ4n) is 3.00. The molecule has 24 heavy (non-hydrogen) atoms. The van der Waals surface area contributed by atoms with Crippen molar-refractivity contribution in [3.05, 3.63) is 57.5 Å². The molecule has 0 bridgehead atoms. The Bertz CT molecular complexity index is 732. The van der Waals surface area contributed by atoms with E-state index < -0.39 is 0 Å². The Kier molecular flexibility index (Phi) is 5.97. The van der Waals surface area contributed by atoms with E-state index in [1.165, 1.54) is 11.1 Å². The Balaban J connectivity index is 0.00000100. The first-order valence-corrected chi connectivity index (χ1v) is 8.61. The van der Waals surface area contributed by atoms with Crippen LogP contribution in [-0.4, -0.2) is 33.8 Å². The quantitative estimate of drug-likeness (QED) is 0.942. The van der Waals surface area contributed by atoms with Crippen molar-refractivity contribution in [2.24, 2.45) is 7.05 Å². The van der Waals surface area contributed by atoms with E-state index in [-0.39, 0.29) is 11.7 Å². The maximum Gasteiger partial charge on any atom is 0.253 e. The molecule has 1 aromatic carbocycles.